The molecule has 0 aromatic rings. The standard InChI is InChI=1S/C6H10N4O.2C2H6/c1-4-8-9-5(6(7)11)3-10(4)2;2*1-2/h3H2,1-2H3,(H2,7,11);2*1-2H3. The fourth-order valence-corrected chi connectivity index (χ4v) is 0.707. The van der Waals surface area contributed by atoms with Gasteiger partial charge in [0.1, 0.15) is 11.5 Å². The molecule has 0 fully saturated rings. The Balaban J connectivity index is 0. The van der Waals surface area contributed by atoms with Crippen LogP contribution in [0.25, 0.3) is 0 Å². The monoisotopic (exact) mass is 214 g/mol. The molecule has 0 bridgehead atoms. The summed E-state index contributed by atoms with van der Waals surface area (Å²) in [4.78, 5) is 12.4. The molecule has 88 valence electrons. The van der Waals surface area contributed by atoms with Crippen LogP contribution in [0.3, 0.4) is 0 Å². The number of amides is 1. The van der Waals surface area contributed by atoms with Crippen molar-refractivity contribution in [1.29, 1.82) is 0 Å². The zero-order valence-electron chi connectivity index (χ0n) is 10.5. The number of hydrogen-bond donors (Lipinski definition) is 1. The average Bonchev–Trinajstić information content (AvgIpc) is 2.27. The number of hydrogen-bond acceptors (Lipinski definition) is 4. The second-order valence-corrected chi connectivity index (χ2v) is 2.41. The van der Waals surface area contributed by atoms with E-state index in [1.54, 1.807) is 0 Å². The van der Waals surface area contributed by atoms with Crippen molar-refractivity contribution in [2.45, 2.75) is 34.6 Å². The van der Waals surface area contributed by atoms with E-state index in [1.165, 1.54) is 0 Å². The van der Waals surface area contributed by atoms with Gasteiger partial charge < -0.3 is 10.6 Å². The Morgan fingerprint density at radius 3 is 2.07 bits per heavy atom. The largest absolute Gasteiger partial charge is 0.364 e. The number of carbonyl (C=O) groups is 1. The highest BCUT2D eigenvalue weighted by molar-refractivity contribution is 6.39. The smallest absolute Gasteiger partial charge is 0.266 e. The molecule has 0 aromatic carbocycles. The van der Waals surface area contributed by atoms with Gasteiger partial charge in [0.05, 0.1) is 6.54 Å². The third kappa shape index (κ3) is 5.83. The highest BCUT2D eigenvalue weighted by Crippen LogP contribution is 1.97. The van der Waals surface area contributed by atoms with E-state index in [0.29, 0.717) is 12.3 Å². The van der Waals surface area contributed by atoms with Crippen LogP contribution in [-0.2, 0) is 4.79 Å². The van der Waals surface area contributed by atoms with E-state index in [9.17, 15) is 4.79 Å². The summed E-state index contributed by atoms with van der Waals surface area (Å²) in [5, 5.41) is 7.39. The van der Waals surface area contributed by atoms with Crippen LogP contribution in [0.5, 0.6) is 0 Å². The molecule has 1 amide bonds. The summed E-state index contributed by atoms with van der Waals surface area (Å²) in [6.07, 6.45) is 0. The van der Waals surface area contributed by atoms with Crippen LogP contribution >= 0.6 is 0 Å². The van der Waals surface area contributed by atoms with Gasteiger partial charge in [0.25, 0.3) is 5.91 Å². The van der Waals surface area contributed by atoms with Crippen LogP contribution < -0.4 is 5.73 Å². The van der Waals surface area contributed by atoms with E-state index in [2.05, 4.69) is 10.2 Å². The van der Waals surface area contributed by atoms with Gasteiger partial charge in [0, 0.05) is 7.05 Å². The lowest BCUT2D eigenvalue weighted by atomic mass is 10.3. The van der Waals surface area contributed by atoms with Crippen LogP contribution in [0.2, 0.25) is 0 Å². The molecule has 0 atom stereocenters. The van der Waals surface area contributed by atoms with Crippen LogP contribution in [0.1, 0.15) is 34.6 Å². The van der Waals surface area contributed by atoms with Gasteiger partial charge in [-0.15, -0.1) is 10.2 Å². The Bertz CT molecular complexity index is 246. The number of amidine groups is 1. The van der Waals surface area contributed by atoms with E-state index >= 15 is 0 Å². The van der Waals surface area contributed by atoms with Gasteiger partial charge >= 0.3 is 0 Å². The number of rotatable bonds is 1. The van der Waals surface area contributed by atoms with Crippen molar-refractivity contribution >= 4 is 17.5 Å². The molecule has 5 nitrogen and oxygen atoms in total. The quantitative estimate of drug-likeness (QED) is 0.713. The molecular weight excluding hydrogens is 192 g/mol. The van der Waals surface area contributed by atoms with Crippen molar-refractivity contribution in [3.63, 3.8) is 0 Å². The Kier molecular flexibility index (Phi) is 9.82. The molecule has 1 aliphatic rings. The maximum absolute atomic E-state index is 10.6. The van der Waals surface area contributed by atoms with Crippen LogP contribution in [0, 0.1) is 0 Å². The Labute approximate surface area is 92.1 Å². The molecule has 2 N–H and O–H groups in total. The first-order valence-corrected chi connectivity index (χ1v) is 5.23. The van der Waals surface area contributed by atoms with E-state index in [4.69, 9.17) is 5.73 Å². The van der Waals surface area contributed by atoms with Gasteiger partial charge in [-0.1, -0.05) is 27.7 Å². The summed E-state index contributed by atoms with van der Waals surface area (Å²) in [6.45, 7) is 10.3. The summed E-state index contributed by atoms with van der Waals surface area (Å²) < 4.78 is 0. The van der Waals surface area contributed by atoms with Gasteiger partial charge in [-0.3, -0.25) is 4.79 Å². The minimum atomic E-state index is -0.506. The summed E-state index contributed by atoms with van der Waals surface area (Å²) in [6, 6.07) is 0. The number of nitrogens with two attached hydrogens (primary N) is 1. The lowest BCUT2D eigenvalue weighted by Crippen LogP contribution is -2.39. The third-order valence-electron chi connectivity index (χ3n) is 1.54. The zero-order chi connectivity index (χ0) is 12.4. The maximum atomic E-state index is 10.6. The second-order valence-electron chi connectivity index (χ2n) is 2.41. The first kappa shape index (κ1) is 16.1. The number of primary amides is 1. The van der Waals surface area contributed by atoms with Crippen LogP contribution in [-0.4, -0.2) is 35.9 Å². The molecule has 15 heavy (non-hydrogen) atoms. The molecule has 0 radical (unpaired) electrons. The van der Waals surface area contributed by atoms with Crippen molar-refractivity contribution in [2.24, 2.45) is 15.9 Å². The average molecular weight is 214 g/mol. The molecule has 0 unspecified atom stereocenters. The molecule has 1 rings (SSSR count). The van der Waals surface area contributed by atoms with Crippen molar-refractivity contribution in [3.8, 4) is 0 Å². The predicted octanol–water partition coefficient (Wildman–Crippen LogP) is 1.24. The summed E-state index contributed by atoms with van der Waals surface area (Å²) in [7, 11) is 1.83. The first-order valence-electron chi connectivity index (χ1n) is 5.23. The van der Waals surface area contributed by atoms with Gasteiger partial charge in [0.15, 0.2) is 0 Å². The summed E-state index contributed by atoms with van der Waals surface area (Å²) in [5.41, 5.74) is 5.31. The number of nitrogens with zero attached hydrogens (tertiary/aromatic N) is 3. The predicted molar refractivity (Wildman–Crippen MR) is 65.1 cm³/mol. The Morgan fingerprint density at radius 1 is 1.27 bits per heavy atom. The fraction of sp³-hybridized carbons (Fsp3) is 0.700. The summed E-state index contributed by atoms with van der Waals surface area (Å²) in [5.74, 6) is 0.281. The first-order chi connectivity index (χ1) is 7.11. The topological polar surface area (TPSA) is 71.0 Å². The van der Waals surface area contributed by atoms with Gasteiger partial charge in [-0.05, 0) is 6.92 Å². The highest BCUT2D eigenvalue weighted by Gasteiger charge is 2.15. The normalized spacial score (nSPS) is 13.6. The second kappa shape index (κ2) is 9.18. The van der Waals surface area contributed by atoms with E-state index in [1.807, 2.05) is 46.6 Å². The van der Waals surface area contributed by atoms with Crippen molar-refractivity contribution in [3.05, 3.63) is 0 Å². The van der Waals surface area contributed by atoms with Crippen molar-refractivity contribution in [2.75, 3.05) is 13.6 Å². The molecule has 0 saturated carbocycles. The fourth-order valence-electron chi connectivity index (χ4n) is 0.707. The Hall–Kier alpha value is -1.39. The van der Waals surface area contributed by atoms with Crippen molar-refractivity contribution < 1.29 is 4.79 Å². The summed E-state index contributed by atoms with van der Waals surface area (Å²) >= 11 is 0. The molecule has 0 aromatic heterocycles. The minimum absolute atomic E-state index is 0.304. The van der Waals surface area contributed by atoms with Crippen LogP contribution in [0.4, 0.5) is 0 Å². The molecular formula is C10H22N4O. The van der Waals surface area contributed by atoms with Gasteiger partial charge in [0.2, 0.25) is 0 Å². The lowest BCUT2D eigenvalue weighted by molar-refractivity contribution is -0.112. The lowest BCUT2D eigenvalue weighted by Gasteiger charge is -2.20. The Morgan fingerprint density at radius 2 is 1.73 bits per heavy atom. The van der Waals surface area contributed by atoms with E-state index in [0.717, 1.165) is 5.84 Å². The number of carbonyl (C=O) groups excluding carboxylic acids is 1. The molecule has 1 aliphatic heterocycles. The van der Waals surface area contributed by atoms with Gasteiger partial charge in [-0.25, -0.2) is 0 Å². The minimum Gasteiger partial charge on any atom is -0.364 e. The molecule has 5 heteroatoms. The molecule has 1 heterocycles. The van der Waals surface area contributed by atoms with E-state index in [-0.39, 0.29) is 0 Å². The van der Waals surface area contributed by atoms with Gasteiger partial charge in [-0.2, -0.15) is 0 Å². The third-order valence-corrected chi connectivity index (χ3v) is 1.54. The zero-order valence-corrected chi connectivity index (χ0v) is 10.5. The SMILES string of the molecule is CC.CC.CC1=NN=C(C(N)=O)CN1C. The van der Waals surface area contributed by atoms with Crippen molar-refractivity contribution in [1.82, 2.24) is 4.90 Å². The highest BCUT2D eigenvalue weighted by atomic mass is 16.1. The molecule has 0 saturated heterocycles. The molecule has 0 aliphatic carbocycles. The van der Waals surface area contributed by atoms with E-state index < -0.39 is 5.91 Å². The van der Waals surface area contributed by atoms with Crippen LogP contribution in [0.15, 0.2) is 10.2 Å². The maximum Gasteiger partial charge on any atom is 0.266 e. The molecule has 0 spiro atoms.